The number of aromatic nitrogens is 3. The van der Waals surface area contributed by atoms with E-state index >= 15 is 0 Å². The fourth-order valence-electron chi connectivity index (χ4n) is 1.52. The van der Waals surface area contributed by atoms with E-state index in [9.17, 15) is 4.79 Å². The minimum absolute atomic E-state index is 0.195. The van der Waals surface area contributed by atoms with Crippen molar-refractivity contribution in [1.29, 1.82) is 0 Å². The maximum atomic E-state index is 11.2. The van der Waals surface area contributed by atoms with E-state index in [1.54, 1.807) is 18.3 Å². The van der Waals surface area contributed by atoms with Gasteiger partial charge in [0.15, 0.2) is 5.69 Å². The zero-order valence-electron chi connectivity index (χ0n) is 10.5. The van der Waals surface area contributed by atoms with E-state index in [0.717, 1.165) is 18.5 Å². The fourth-order valence-corrected chi connectivity index (χ4v) is 1.52. The molecule has 19 heavy (non-hydrogen) atoms. The van der Waals surface area contributed by atoms with Crippen LogP contribution in [-0.4, -0.2) is 34.8 Å². The average molecular weight is 258 g/mol. The van der Waals surface area contributed by atoms with E-state index < -0.39 is 5.97 Å². The van der Waals surface area contributed by atoms with Gasteiger partial charge in [0.25, 0.3) is 0 Å². The molecule has 0 aliphatic heterocycles. The van der Waals surface area contributed by atoms with Crippen molar-refractivity contribution in [3.63, 3.8) is 0 Å². The van der Waals surface area contributed by atoms with E-state index in [2.05, 4.69) is 25.2 Å². The van der Waals surface area contributed by atoms with Gasteiger partial charge in [-0.25, -0.2) is 4.79 Å². The number of methoxy groups -OCH3 is 1. The van der Waals surface area contributed by atoms with Gasteiger partial charge in [-0.15, -0.1) is 10.2 Å². The third kappa shape index (κ3) is 3.74. The lowest BCUT2D eigenvalue weighted by Gasteiger charge is -2.05. The average Bonchev–Trinajstić information content (AvgIpc) is 2.48. The van der Waals surface area contributed by atoms with Crippen LogP contribution in [0, 0.1) is 0 Å². The summed E-state index contributed by atoms with van der Waals surface area (Å²) in [4.78, 5) is 15.2. The van der Waals surface area contributed by atoms with Crippen molar-refractivity contribution in [1.82, 2.24) is 15.2 Å². The molecule has 1 N–H and O–H groups in total. The normalized spacial score (nSPS) is 9.95. The maximum absolute atomic E-state index is 11.2. The Morgan fingerprint density at radius 2 is 2.21 bits per heavy atom. The smallest absolute Gasteiger partial charge is 0.358 e. The van der Waals surface area contributed by atoms with Crippen LogP contribution in [0.25, 0.3) is 0 Å². The summed E-state index contributed by atoms with van der Waals surface area (Å²) in [5.41, 5.74) is 1.34. The molecule has 2 aromatic heterocycles. The lowest BCUT2D eigenvalue weighted by Crippen LogP contribution is -2.10. The molecule has 0 aliphatic rings. The Kier molecular flexibility index (Phi) is 4.39. The Morgan fingerprint density at radius 1 is 1.32 bits per heavy atom. The predicted octanol–water partition coefficient (Wildman–Crippen LogP) is 1.31. The molecule has 0 atom stereocenters. The van der Waals surface area contributed by atoms with Gasteiger partial charge < -0.3 is 10.1 Å². The first-order chi connectivity index (χ1) is 9.29. The van der Waals surface area contributed by atoms with Crippen LogP contribution in [0.4, 0.5) is 5.82 Å². The molecule has 6 nitrogen and oxygen atoms in total. The molecular weight excluding hydrogens is 244 g/mol. The van der Waals surface area contributed by atoms with Gasteiger partial charge in [-0.2, -0.15) is 0 Å². The first-order valence-electron chi connectivity index (χ1n) is 5.84. The summed E-state index contributed by atoms with van der Waals surface area (Å²) in [6.45, 7) is 0.720. The quantitative estimate of drug-likeness (QED) is 0.815. The molecule has 2 aromatic rings. The number of nitrogens with zero attached hydrogens (tertiary/aromatic N) is 3. The summed E-state index contributed by atoms with van der Waals surface area (Å²) >= 11 is 0. The van der Waals surface area contributed by atoms with Crippen LogP contribution >= 0.6 is 0 Å². The number of ether oxygens (including phenoxy) is 1. The largest absolute Gasteiger partial charge is 0.464 e. The molecule has 2 rings (SSSR count). The van der Waals surface area contributed by atoms with Crippen molar-refractivity contribution in [3.05, 3.63) is 47.9 Å². The highest BCUT2D eigenvalue weighted by atomic mass is 16.5. The van der Waals surface area contributed by atoms with Crippen LogP contribution in [0.3, 0.4) is 0 Å². The van der Waals surface area contributed by atoms with E-state index in [-0.39, 0.29) is 5.69 Å². The molecule has 0 aromatic carbocycles. The Morgan fingerprint density at radius 3 is 2.84 bits per heavy atom. The topological polar surface area (TPSA) is 77.0 Å². The first-order valence-corrected chi connectivity index (χ1v) is 5.84. The van der Waals surface area contributed by atoms with Crippen LogP contribution in [0.15, 0.2) is 36.7 Å². The number of hydrogen-bond acceptors (Lipinski definition) is 6. The van der Waals surface area contributed by atoms with Crippen LogP contribution in [-0.2, 0) is 11.2 Å². The Bertz CT molecular complexity index is 528. The highest BCUT2D eigenvalue weighted by Crippen LogP contribution is 2.04. The van der Waals surface area contributed by atoms with Crippen molar-refractivity contribution in [2.24, 2.45) is 0 Å². The number of carbonyl (C=O) groups is 1. The summed E-state index contributed by atoms with van der Waals surface area (Å²) in [5, 5.41) is 10.8. The zero-order valence-corrected chi connectivity index (χ0v) is 10.5. The van der Waals surface area contributed by atoms with Gasteiger partial charge in [-0.3, -0.25) is 4.98 Å². The van der Waals surface area contributed by atoms with E-state index in [0.29, 0.717) is 5.82 Å². The molecule has 0 unspecified atom stereocenters. The molecule has 0 fully saturated rings. The van der Waals surface area contributed by atoms with Gasteiger partial charge in [0.2, 0.25) is 0 Å². The van der Waals surface area contributed by atoms with Crippen molar-refractivity contribution < 1.29 is 9.53 Å². The minimum Gasteiger partial charge on any atom is -0.464 e. The monoisotopic (exact) mass is 258 g/mol. The van der Waals surface area contributed by atoms with E-state index in [1.165, 1.54) is 7.11 Å². The molecule has 0 aliphatic carbocycles. The molecule has 6 heteroatoms. The summed E-state index contributed by atoms with van der Waals surface area (Å²) < 4.78 is 4.55. The van der Waals surface area contributed by atoms with Crippen LogP contribution in [0.5, 0.6) is 0 Å². The first kappa shape index (κ1) is 12.9. The molecule has 0 saturated heterocycles. The van der Waals surface area contributed by atoms with Crippen molar-refractivity contribution >= 4 is 11.8 Å². The second-order valence-corrected chi connectivity index (χ2v) is 3.83. The summed E-state index contributed by atoms with van der Waals surface area (Å²) in [6, 6.07) is 7.19. The number of rotatable bonds is 5. The molecule has 98 valence electrons. The maximum Gasteiger partial charge on any atom is 0.358 e. The number of hydrogen-bond donors (Lipinski definition) is 1. The molecule has 0 saturated carbocycles. The zero-order chi connectivity index (χ0) is 13.5. The van der Waals surface area contributed by atoms with Crippen molar-refractivity contribution in [3.8, 4) is 0 Å². The van der Waals surface area contributed by atoms with E-state index in [4.69, 9.17) is 0 Å². The second kappa shape index (κ2) is 6.44. The molecule has 0 radical (unpaired) electrons. The lowest BCUT2D eigenvalue weighted by molar-refractivity contribution is 0.0593. The van der Waals surface area contributed by atoms with Gasteiger partial charge >= 0.3 is 5.97 Å². The van der Waals surface area contributed by atoms with Gasteiger partial charge in [0, 0.05) is 18.9 Å². The van der Waals surface area contributed by atoms with Crippen molar-refractivity contribution in [2.75, 3.05) is 19.0 Å². The number of anilines is 1. The summed E-state index contributed by atoms with van der Waals surface area (Å²) in [6.07, 6.45) is 4.41. The minimum atomic E-state index is -0.491. The number of pyridine rings is 1. The Labute approximate surface area is 110 Å². The van der Waals surface area contributed by atoms with Gasteiger partial charge in [-0.05, 0) is 30.2 Å². The molecular formula is C13H14N4O2. The fraction of sp³-hybridized carbons (Fsp3) is 0.231. The third-order valence-electron chi connectivity index (χ3n) is 2.50. The predicted molar refractivity (Wildman–Crippen MR) is 69.8 cm³/mol. The third-order valence-corrected chi connectivity index (χ3v) is 2.50. The molecule has 0 bridgehead atoms. The highest BCUT2D eigenvalue weighted by molar-refractivity contribution is 5.86. The molecule has 0 spiro atoms. The summed E-state index contributed by atoms with van der Waals surface area (Å²) in [5.74, 6) is 0.131. The van der Waals surface area contributed by atoms with Crippen LogP contribution in [0.2, 0.25) is 0 Å². The van der Waals surface area contributed by atoms with Crippen LogP contribution in [0.1, 0.15) is 16.1 Å². The number of nitrogens with one attached hydrogen (secondary N) is 1. The number of esters is 1. The second-order valence-electron chi connectivity index (χ2n) is 3.83. The highest BCUT2D eigenvalue weighted by Gasteiger charge is 2.07. The van der Waals surface area contributed by atoms with Gasteiger partial charge in [-0.1, -0.05) is 6.07 Å². The van der Waals surface area contributed by atoms with Gasteiger partial charge in [0.1, 0.15) is 5.82 Å². The summed E-state index contributed by atoms with van der Waals surface area (Å²) in [7, 11) is 1.31. The van der Waals surface area contributed by atoms with E-state index in [1.807, 2.05) is 18.3 Å². The Hall–Kier alpha value is -2.50. The van der Waals surface area contributed by atoms with Crippen molar-refractivity contribution in [2.45, 2.75) is 6.42 Å². The van der Waals surface area contributed by atoms with Gasteiger partial charge in [0.05, 0.1) is 7.11 Å². The number of carbonyl (C=O) groups excluding carboxylic acids is 1. The SMILES string of the molecule is COC(=O)c1ccc(NCCc2cccnc2)nn1. The molecule has 0 amide bonds. The Balaban J connectivity index is 1.85. The lowest BCUT2D eigenvalue weighted by atomic mass is 10.2. The standard InChI is InChI=1S/C13H14N4O2/c1-19-13(18)11-4-5-12(17-16-11)15-8-6-10-3-2-7-14-9-10/h2-5,7,9H,6,8H2,1H3,(H,15,17). The molecule has 2 heterocycles. The van der Waals surface area contributed by atoms with Crippen LogP contribution < -0.4 is 5.32 Å².